The number of hydrogen-bond acceptors (Lipinski definition) is 11. The van der Waals surface area contributed by atoms with E-state index in [1.807, 2.05) is 31.2 Å². The zero-order chi connectivity index (χ0) is 39.9. The molecule has 0 aliphatic heterocycles. The van der Waals surface area contributed by atoms with Crippen molar-refractivity contribution in [2.45, 2.75) is 27.7 Å². The number of amides is 3. The van der Waals surface area contributed by atoms with Crippen molar-refractivity contribution < 1.29 is 52.5 Å². The van der Waals surface area contributed by atoms with Crippen LogP contribution in [0.25, 0.3) is 17.1 Å². The van der Waals surface area contributed by atoms with Crippen molar-refractivity contribution in [3.8, 4) is 11.5 Å². The third-order valence-corrected chi connectivity index (χ3v) is 6.56. The van der Waals surface area contributed by atoms with E-state index in [4.69, 9.17) is 9.47 Å². The third kappa shape index (κ3) is 16.7. The Bertz CT molecular complexity index is 1830. The lowest BCUT2D eigenvalue weighted by molar-refractivity contribution is -0.135. The van der Waals surface area contributed by atoms with Gasteiger partial charge in [0.05, 0.1) is 52.6 Å². The minimum Gasteiger partial charge on any atom is -0.497 e. The minimum absolute atomic E-state index is 0.233. The SMILES string of the molecule is COC(=O)C=C(NC(C)=O)c1ccc(OC)cc1.COC(=O)C=C(NC(C)=O)c1ccccc1C.COC(=O)C=C(NC(C)=O)c1ccccc1OC. The van der Waals surface area contributed by atoms with Crippen LogP contribution in [0.5, 0.6) is 11.5 Å². The van der Waals surface area contributed by atoms with Gasteiger partial charge in [-0.3, -0.25) is 14.4 Å². The van der Waals surface area contributed by atoms with Crippen molar-refractivity contribution in [2.24, 2.45) is 0 Å². The van der Waals surface area contributed by atoms with Gasteiger partial charge in [0.15, 0.2) is 0 Å². The quantitative estimate of drug-likeness (QED) is 0.145. The second-order valence-electron chi connectivity index (χ2n) is 10.5. The molecule has 3 amide bonds. The van der Waals surface area contributed by atoms with Crippen LogP contribution in [0.3, 0.4) is 0 Å². The zero-order valence-corrected chi connectivity index (χ0v) is 31.2. The Morgan fingerprint density at radius 2 is 0.887 bits per heavy atom. The standard InChI is InChI=1S/2C13H15NO4.C13H15NO3/c1-9(15)14-12(8-13(16)18-3)10-4-6-11(17-2)7-5-10;1-9(15)14-11(8-13(16)18-3)10-6-4-5-7-12(10)17-2;1-9-6-4-5-7-11(9)12(14-10(2)15)8-13(16)17-3/h2*4-8H,1-3H3,(H,14,15);4-8H,1-3H3,(H,14,15). The zero-order valence-electron chi connectivity index (χ0n) is 31.2. The van der Waals surface area contributed by atoms with E-state index in [-0.39, 0.29) is 17.7 Å². The number of ether oxygens (including phenoxy) is 5. The molecule has 0 aliphatic rings. The molecule has 0 aliphatic carbocycles. The lowest BCUT2D eigenvalue weighted by Gasteiger charge is -2.12. The number of aryl methyl sites for hydroxylation is 1. The van der Waals surface area contributed by atoms with Gasteiger partial charge in [-0.1, -0.05) is 36.4 Å². The van der Waals surface area contributed by atoms with Gasteiger partial charge in [0.2, 0.25) is 17.7 Å². The molecule has 3 N–H and O–H groups in total. The van der Waals surface area contributed by atoms with Crippen molar-refractivity contribution in [1.29, 1.82) is 0 Å². The molecule has 53 heavy (non-hydrogen) atoms. The van der Waals surface area contributed by atoms with Crippen LogP contribution in [0.4, 0.5) is 0 Å². The molecule has 0 fully saturated rings. The van der Waals surface area contributed by atoms with E-state index in [2.05, 4.69) is 30.2 Å². The van der Waals surface area contributed by atoms with Crippen LogP contribution in [-0.2, 0) is 43.0 Å². The summed E-state index contributed by atoms with van der Waals surface area (Å²) in [6.45, 7) is 6.03. The number of hydrogen-bond donors (Lipinski definition) is 3. The first-order chi connectivity index (χ1) is 25.2. The summed E-state index contributed by atoms with van der Waals surface area (Å²) in [6, 6.07) is 21.5. The van der Waals surface area contributed by atoms with Gasteiger partial charge in [0.25, 0.3) is 0 Å². The minimum atomic E-state index is -0.551. The van der Waals surface area contributed by atoms with Crippen molar-refractivity contribution in [3.05, 3.63) is 113 Å². The lowest BCUT2D eigenvalue weighted by Crippen LogP contribution is -2.19. The van der Waals surface area contributed by atoms with E-state index < -0.39 is 17.9 Å². The lowest BCUT2D eigenvalue weighted by atomic mass is 10.1. The highest BCUT2D eigenvalue weighted by Crippen LogP contribution is 2.24. The van der Waals surface area contributed by atoms with Gasteiger partial charge in [-0.15, -0.1) is 0 Å². The normalized spacial score (nSPS) is 10.8. The molecule has 0 atom stereocenters. The fourth-order valence-corrected chi connectivity index (χ4v) is 4.17. The second-order valence-corrected chi connectivity index (χ2v) is 10.5. The number of rotatable bonds is 11. The number of para-hydroxylation sites is 1. The highest BCUT2D eigenvalue weighted by molar-refractivity contribution is 5.97. The summed E-state index contributed by atoms with van der Waals surface area (Å²) in [4.78, 5) is 67.1. The van der Waals surface area contributed by atoms with Crippen LogP contribution in [0.2, 0.25) is 0 Å². The molecular formula is C39H45N3O11. The van der Waals surface area contributed by atoms with Crippen molar-refractivity contribution >= 4 is 52.7 Å². The second kappa shape index (κ2) is 23.7. The molecule has 3 rings (SSSR count). The van der Waals surface area contributed by atoms with Crippen LogP contribution in [-0.4, -0.2) is 71.2 Å². The first-order valence-electron chi connectivity index (χ1n) is 15.7. The van der Waals surface area contributed by atoms with Gasteiger partial charge in [-0.25, -0.2) is 14.4 Å². The molecule has 0 unspecified atom stereocenters. The molecule has 0 aromatic heterocycles. The number of carbonyl (C=O) groups excluding carboxylic acids is 6. The largest absolute Gasteiger partial charge is 0.497 e. The van der Waals surface area contributed by atoms with Gasteiger partial charge in [-0.2, -0.15) is 0 Å². The van der Waals surface area contributed by atoms with E-state index in [1.165, 1.54) is 67.4 Å². The average Bonchev–Trinajstić information content (AvgIpc) is 3.14. The van der Waals surface area contributed by atoms with E-state index >= 15 is 0 Å². The number of carbonyl (C=O) groups is 6. The first-order valence-corrected chi connectivity index (χ1v) is 15.7. The average molecular weight is 732 g/mol. The molecule has 0 saturated heterocycles. The summed E-state index contributed by atoms with van der Waals surface area (Å²) in [7, 11) is 6.92. The molecule has 282 valence electrons. The topological polar surface area (TPSA) is 185 Å². The van der Waals surface area contributed by atoms with Gasteiger partial charge < -0.3 is 39.6 Å². The van der Waals surface area contributed by atoms with Crippen LogP contribution >= 0.6 is 0 Å². The fraction of sp³-hybridized carbons (Fsp3) is 0.231. The number of methoxy groups -OCH3 is 5. The van der Waals surface area contributed by atoms with Crippen molar-refractivity contribution in [2.75, 3.05) is 35.5 Å². The van der Waals surface area contributed by atoms with Gasteiger partial charge in [0.1, 0.15) is 11.5 Å². The van der Waals surface area contributed by atoms with Gasteiger partial charge in [0, 0.05) is 50.1 Å². The molecular weight excluding hydrogens is 686 g/mol. The van der Waals surface area contributed by atoms with E-state index in [0.717, 1.165) is 11.1 Å². The monoisotopic (exact) mass is 731 g/mol. The predicted molar refractivity (Wildman–Crippen MR) is 199 cm³/mol. The van der Waals surface area contributed by atoms with E-state index in [9.17, 15) is 28.8 Å². The van der Waals surface area contributed by atoms with Crippen molar-refractivity contribution in [3.63, 3.8) is 0 Å². The molecule has 0 bridgehead atoms. The van der Waals surface area contributed by atoms with Crippen LogP contribution < -0.4 is 25.4 Å². The summed E-state index contributed by atoms with van der Waals surface area (Å²) < 4.78 is 23.9. The summed E-state index contributed by atoms with van der Waals surface area (Å²) in [5.41, 5.74) is 4.24. The Balaban J connectivity index is 0.000000398. The molecule has 0 radical (unpaired) electrons. The summed E-state index contributed by atoms with van der Waals surface area (Å²) in [6.07, 6.45) is 3.70. The van der Waals surface area contributed by atoms with Crippen molar-refractivity contribution in [1.82, 2.24) is 16.0 Å². The Morgan fingerprint density at radius 1 is 0.491 bits per heavy atom. The smallest absolute Gasteiger partial charge is 0.332 e. The maximum absolute atomic E-state index is 11.3. The van der Waals surface area contributed by atoms with E-state index in [1.54, 1.807) is 55.6 Å². The fourth-order valence-electron chi connectivity index (χ4n) is 4.17. The van der Waals surface area contributed by atoms with Gasteiger partial charge in [-0.05, 0) is 54.4 Å². The molecule has 14 nitrogen and oxygen atoms in total. The molecule has 3 aromatic rings. The molecule has 3 aromatic carbocycles. The van der Waals surface area contributed by atoms with Crippen LogP contribution in [0, 0.1) is 6.92 Å². The maximum Gasteiger partial charge on any atom is 0.332 e. The number of nitrogens with one attached hydrogen (secondary N) is 3. The number of benzene rings is 3. The summed E-state index contributed by atoms with van der Waals surface area (Å²) >= 11 is 0. The van der Waals surface area contributed by atoms with Crippen LogP contribution in [0.15, 0.2) is 91.0 Å². The van der Waals surface area contributed by atoms with E-state index in [0.29, 0.717) is 39.7 Å². The Labute approximate surface area is 308 Å². The molecule has 14 heteroatoms. The predicted octanol–water partition coefficient (Wildman–Crippen LogP) is 4.34. The Kier molecular flexibility index (Phi) is 19.8. The third-order valence-electron chi connectivity index (χ3n) is 6.56. The maximum atomic E-state index is 11.3. The number of esters is 3. The highest BCUT2D eigenvalue weighted by Gasteiger charge is 2.12. The molecule has 0 spiro atoms. The van der Waals surface area contributed by atoms with Crippen LogP contribution in [0.1, 0.15) is 43.0 Å². The first kappa shape index (κ1) is 44.3. The highest BCUT2D eigenvalue weighted by atomic mass is 16.5. The molecule has 0 saturated carbocycles. The van der Waals surface area contributed by atoms with Gasteiger partial charge >= 0.3 is 17.9 Å². The Morgan fingerprint density at radius 3 is 1.30 bits per heavy atom. The molecule has 0 heterocycles. The summed E-state index contributed by atoms with van der Waals surface area (Å²) in [5, 5.41) is 7.78. The Hall–Kier alpha value is -6.70. The summed E-state index contributed by atoms with van der Waals surface area (Å²) in [5.74, 6) is -1.11.